The molecule has 0 aliphatic carbocycles. The van der Waals surface area contributed by atoms with E-state index in [-0.39, 0.29) is 29.9 Å². The maximum Gasteiger partial charge on any atom is 0.328 e. The van der Waals surface area contributed by atoms with Gasteiger partial charge in [0, 0.05) is 6.92 Å². The quantitative estimate of drug-likeness (QED) is 0.357. The van der Waals surface area contributed by atoms with Gasteiger partial charge in [0.05, 0.1) is 7.05 Å². The van der Waals surface area contributed by atoms with Crippen LogP contribution >= 0.6 is 0 Å². The number of imidazole rings is 1. The van der Waals surface area contributed by atoms with E-state index >= 15 is 0 Å². The number of rotatable bonds is 6. The van der Waals surface area contributed by atoms with Crippen LogP contribution < -0.4 is 21.2 Å². The molecule has 2 aliphatic heterocycles. The molecule has 4 N–H and O–H groups in total. The van der Waals surface area contributed by atoms with Crippen molar-refractivity contribution >= 4 is 29.0 Å². The summed E-state index contributed by atoms with van der Waals surface area (Å²) in [6, 6.07) is -0.783. The first kappa shape index (κ1) is 24.1. The van der Waals surface area contributed by atoms with E-state index < -0.39 is 42.3 Å². The van der Waals surface area contributed by atoms with Gasteiger partial charge in [-0.2, -0.15) is 0 Å². The summed E-state index contributed by atoms with van der Waals surface area (Å²) in [6.45, 7) is 8.43. The van der Waals surface area contributed by atoms with Gasteiger partial charge in [0.15, 0.2) is 12.1 Å². The summed E-state index contributed by atoms with van der Waals surface area (Å²) in [6.07, 6.45) is -0.819. The van der Waals surface area contributed by atoms with E-state index in [0.29, 0.717) is 11.2 Å². The maximum atomic E-state index is 12.7. The first-order valence-corrected chi connectivity index (χ1v) is 11.1. The van der Waals surface area contributed by atoms with Crippen LogP contribution in [0.5, 0.6) is 0 Å². The number of fused-ring (bicyclic) bond motifs is 2. The number of anilines is 1. The van der Waals surface area contributed by atoms with Crippen LogP contribution in [0.3, 0.4) is 0 Å². The molecule has 2 aromatic rings. The minimum Gasteiger partial charge on any atom is -0.461 e. The van der Waals surface area contributed by atoms with Crippen LogP contribution in [0.25, 0.3) is 11.2 Å². The lowest BCUT2D eigenvalue weighted by molar-refractivity contribution is -0.746. The number of aryl methyl sites for hydroxylation is 1. The number of carbonyl (C=O) groups is 2. The van der Waals surface area contributed by atoms with Crippen LogP contribution in [0.4, 0.5) is 5.95 Å². The van der Waals surface area contributed by atoms with E-state index in [0.717, 1.165) is 0 Å². The van der Waals surface area contributed by atoms with Crippen LogP contribution in [-0.4, -0.2) is 63.2 Å². The van der Waals surface area contributed by atoms with Crippen molar-refractivity contribution in [1.82, 2.24) is 19.9 Å². The number of nitrogens with two attached hydrogens (primary N) is 1. The average Bonchev–Trinajstić information content (AvgIpc) is 3.32. The summed E-state index contributed by atoms with van der Waals surface area (Å²) in [4.78, 5) is 43.3. The summed E-state index contributed by atoms with van der Waals surface area (Å²) in [7, 11) is 1.71. The fourth-order valence-corrected chi connectivity index (χ4v) is 4.44. The lowest BCUT2D eigenvalue weighted by Crippen LogP contribution is -2.46. The van der Waals surface area contributed by atoms with E-state index in [2.05, 4.69) is 15.3 Å². The van der Waals surface area contributed by atoms with Gasteiger partial charge in [0.2, 0.25) is 17.7 Å². The molecular formula is C21H31N6O7+. The molecule has 0 aromatic carbocycles. The van der Waals surface area contributed by atoms with Gasteiger partial charge in [-0.05, 0) is 19.8 Å². The van der Waals surface area contributed by atoms with Gasteiger partial charge < -0.3 is 30.0 Å². The smallest absolute Gasteiger partial charge is 0.328 e. The van der Waals surface area contributed by atoms with Crippen molar-refractivity contribution in [1.29, 1.82) is 0 Å². The van der Waals surface area contributed by atoms with Crippen molar-refractivity contribution in [3.8, 4) is 0 Å². The summed E-state index contributed by atoms with van der Waals surface area (Å²) in [5.74, 6) is -1.97. The minimum absolute atomic E-state index is 0.0286. The van der Waals surface area contributed by atoms with Crippen LogP contribution in [0.15, 0.2) is 11.1 Å². The largest absolute Gasteiger partial charge is 0.461 e. The number of nitrogen functional groups attached to an aromatic ring is 1. The predicted octanol–water partition coefficient (Wildman–Crippen LogP) is -0.747. The number of hydrogen-bond acceptors (Lipinski definition) is 9. The van der Waals surface area contributed by atoms with E-state index in [9.17, 15) is 14.4 Å². The molecule has 13 heteroatoms. The topological polar surface area (TPSA) is 164 Å². The second-order valence-electron chi connectivity index (χ2n) is 9.44. The lowest BCUT2D eigenvalue weighted by atomic mass is 10.0. The molecule has 0 unspecified atom stereocenters. The lowest BCUT2D eigenvalue weighted by Gasteiger charge is -2.24. The van der Waals surface area contributed by atoms with Crippen molar-refractivity contribution in [2.24, 2.45) is 13.0 Å². The first-order chi connectivity index (χ1) is 15.9. The maximum absolute atomic E-state index is 12.7. The summed E-state index contributed by atoms with van der Waals surface area (Å²) >= 11 is 0. The van der Waals surface area contributed by atoms with Crippen molar-refractivity contribution in [2.45, 2.75) is 71.0 Å². The zero-order valence-electron chi connectivity index (χ0n) is 20.0. The number of esters is 1. The molecule has 34 heavy (non-hydrogen) atoms. The molecular weight excluding hydrogens is 448 g/mol. The van der Waals surface area contributed by atoms with E-state index in [4.69, 9.17) is 24.7 Å². The van der Waals surface area contributed by atoms with E-state index in [1.54, 1.807) is 36.4 Å². The highest BCUT2D eigenvalue weighted by atomic mass is 16.8. The number of hydrogen-bond donors (Lipinski definition) is 3. The van der Waals surface area contributed by atoms with Crippen molar-refractivity contribution in [3.05, 3.63) is 16.7 Å². The Kier molecular flexibility index (Phi) is 6.12. The van der Waals surface area contributed by atoms with Gasteiger partial charge in [-0.3, -0.25) is 19.1 Å². The first-order valence-electron chi connectivity index (χ1n) is 11.1. The number of carbonyl (C=O) groups excluding carboxylic acids is 2. The Morgan fingerprint density at radius 3 is 2.68 bits per heavy atom. The molecule has 0 saturated carbocycles. The van der Waals surface area contributed by atoms with Crippen molar-refractivity contribution < 1.29 is 33.1 Å². The van der Waals surface area contributed by atoms with Crippen LogP contribution in [0.2, 0.25) is 0 Å². The minimum atomic E-state index is -0.897. The highest BCUT2D eigenvalue weighted by Crippen LogP contribution is 2.41. The molecule has 0 bridgehead atoms. The molecule has 2 saturated heterocycles. The van der Waals surface area contributed by atoms with Crippen LogP contribution in [0, 0.1) is 5.92 Å². The third-order valence-electron chi connectivity index (χ3n) is 5.86. The zero-order chi connectivity index (χ0) is 24.9. The molecule has 1 amide bonds. The Bertz CT molecular complexity index is 1170. The fraction of sp³-hybridized carbons (Fsp3) is 0.667. The standard InChI is InChI=1S/C21H30N6O7/c1-9(2)12(23-10(3)28)19(30)31-7-11-14-15(34-21(4,5)33-14)18(32-11)27-8-26(6)13-16(27)24-20(22)25-17(13)29/h8-9,11-12,14-15,18H,7H2,1-6H3,(H3-,22,23,24,25,28,29)/p+1/t11-,12+,14-,15-,18-/m1/s1. The Balaban J connectivity index is 1.60. The van der Waals surface area contributed by atoms with Crippen molar-refractivity contribution in [2.75, 3.05) is 12.3 Å². The molecule has 4 heterocycles. The van der Waals surface area contributed by atoms with Crippen LogP contribution in [-0.2, 0) is 35.6 Å². The van der Waals surface area contributed by atoms with Gasteiger partial charge in [0.1, 0.15) is 31.0 Å². The predicted molar refractivity (Wildman–Crippen MR) is 117 cm³/mol. The second kappa shape index (κ2) is 8.64. The second-order valence-corrected chi connectivity index (χ2v) is 9.44. The van der Waals surface area contributed by atoms with E-state index in [1.165, 1.54) is 6.92 Å². The summed E-state index contributed by atoms with van der Waals surface area (Å²) < 4.78 is 27.2. The Hall–Kier alpha value is -3.03. The third kappa shape index (κ3) is 4.38. The number of ether oxygens (including phenoxy) is 4. The van der Waals surface area contributed by atoms with E-state index in [1.807, 2.05) is 13.8 Å². The van der Waals surface area contributed by atoms with Gasteiger partial charge in [-0.25, -0.2) is 9.36 Å². The molecule has 0 spiro atoms. The number of aromatic amines is 1. The Morgan fingerprint density at radius 1 is 1.35 bits per heavy atom. The third-order valence-corrected chi connectivity index (χ3v) is 5.86. The molecule has 2 aliphatic rings. The number of amides is 1. The molecule has 4 rings (SSSR count). The van der Waals surface area contributed by atoms with Gasteiger partial charge in [0.25, 0.3) is 11.5 Å². The highest BCUT2D eigenvalue weighted by Gasteiger charge is 2.58. The van der Waals surface area contributed by atoms with Crippen molar-refractivity contribution in [3.63, 3.8) is 0 Å². The van der Waals surface area contributed by atoms with Crippen LogP contribution in [0.1, 0.15) is 40.8 Å². The fourth-order valence-electron chi connectivity index (χ4n) is 4.44. The highest BCUT2D eigenvalue weighted by molar-refractivity contribution is 5.83. The number of aromatic nitrogens is 4. The number of H-pyrrole nitrogens is 1. The summed E-state index contributed by atoms with van der Waals surface area (Å²) in [5.41, 5.74) is 6.03. The number of nitrogens with zero attached hydrogens (tertiary/aromatic N) is 3. The Morgan fingerprint density at radius 2 is 2.03 bits per heavy atom. The van der Waals surface area contributed by atoms with Gasteiger partial charge in [-0.15, -0.1) is 0 Å². The summed E-state index contributed by atoms with van der Waals surface area (Å²) in [5, 5.41) is 2.61. The Labute approximate surface area is 195 Å². The molecule has 2 aromatic heterocycles. The normalized spacial score (nSPS) is 26.6. The molecule has 2 fully saturated rings. The van der Waals surface area contributed by atoms with Gasteiger partial charge in [-0.1, -0.05) is 18.8 Å². The average molecular weight is 480 g/mol. The molecule has 186 valence electrons. The molecule has 13 nitrogen and oxygen atoms in total. The SMILES string of the molecule is CC(=O)N[C@H](C(=O)OC[C@H]1O[C@@H]([n+]2cn(C)c3c(=O)[nH]c(N)nc32)[C@@H]2OC(C)(C)O[C@@H]21)C(C)C. The van der Waals surface area contributed by atoms with Gasteiger partial charge >= 0.3 is 11.6 Å². The zero-order valence-corrected chi connectivity index (χ0v) is 20.0. The number of nitrogens with one attached hydrogen (secondary N) is 2. The molecule has 5 atom stereocenters. The monoisotopic (exact) mass is 479 g/mol. The molecule has 0 radical (unpaired) electrons.